The molecule has 9 aromatic rings. The van der Waals surface area contributed by atoms with Crippen molar-refractivity contribution in [1.82, 2.24) is 10.3 Å². The average molecular weight is 655 g/mol. The molecule has 5 nitrogen and oxygen atoms in total. The van der Waals surface area contributed by atoms with Gasteiger partial charge in [0.25, 0.3) is 0 Å². The van der Waals surface area contributed by atoms with E-state index in [0.717, 1.165) is 72.0 Å². The van der Waals surface area contributed by atoms with E-state index in [4.69, 9.17) is 19.4 Å². The third kappa shape index (κ3) is 5.23. The molecule has 10 rings (SSSR count). The van der Waals surface area contributed by atoms with Gasteiger partial charge in [-0.15, -0.1) is 0 Å². The summed E-state index contributed by atoms with van der Waals surface area (Å²) in [6.45, 7) is 0. The molecule has 0 spiro atoms. The predicted molar refractivity (Wildman–Crippen MR) is 209 cm³/mol. The highest BCUT2D eigenvalue weighted by Crippen LogP contribution is 2.40. The lowest BCUT2D eigenvalue weighted by Crippen LogP contribution is -2.33. The van der Waals surface area contributed by atoms with Crippen LogP contribution < -0.4 is 5.32 Å². The maximum atomic E-state index is 6.55. The molecule has 51 heavy (non-hydrogen) atoms. The number of aromatic nitrogens is 1. The van der Waals surface area contributed by atoms with Crippen LogP contribution in [0.5, 0.6) is 0 Å². The fourth-order valence-electron chi connectivity index (χ4n) is 7.11. The van der Waals surface area contributed by atoms with Gasteiger partial charge in [-0.3, -0.25) is 0 Å². The van der Waals surface area contributed by atoms with Gasteiger partial charge in [0.15, 0.2) is 5.84 Å². The van der Waals surface area contributed by atoms with Gasteiger partial charge in [-0.05, 0) is 62.5 Å². The van der Waals surface area contributed by atoms with E-state index >= 15 is 0 Å². The number of furan rings is 1. The first kappa shape index (κ1) is 29.1. The summed E-state index contributed by atoms with van der Waals surface area (Å²) in [4.78, 5) is 15.1. The highest BCUT2D eigenvalue weighted by Gasteiger charge is 2.22. The van der Waals surface area contributed by atoms with Gasteiger partial charge in [-0.1, -0.05) is 146 Å². The molecule has 0 amide bonds. The summed E-state index contributed by atoms with van der Waals surface area (Å²) < 4.78 is 6.55. The molecule has 0 bridgehead atoms. The van der Waals surface area contributed by atoms with E-state index in [0.29, 0.717) is 11.5 Å². The van der Waals surface area contributed by atoms with Gasteiger partial charge in [-0.25, -0.2) is 15.0 Å². The van der Waals surface area contributed by atoms with Crippen LogP contribution in [0.2, 0.25) is 0 Å². The molecule has 1 atom stereocenters. The molecular formula is C46H30N4O. The minimum Gasteiger partial charge on any atom is -0.438 e. The normalized spacial score (nSPS) is 14.5. The Kier molecular flexibility index (Phi) is 6.81. The first-order valence-electron chi connectivity index (χ1n) is 17.1. The fraction of sp³-hybridized carbons (Fsp3) is 0.0217. The number of aliphatic imine (C=N–C) groups is 2. The van der Waals surface area contributed by atoms with Gasteiger partial charge < -0.3 is 9.73 Å². The second-order valence-corrected chi connectivity index (χ2v) is 12.9. The SMILES string of the molecule is c1ccc(C2=NC(c3ccccc3)NC(c3ccc(-c4cc(-c5ccc6ccccc6c5)nc5oc6cc7ccccc7cc6c45)cc3)=N2)cc1. The van der Waals surface area contributed by atoms with Crippen molar-refractivity contribution in [2.75, 3.05) is 0 Å². The molecule has 2 aromatic heterocycles. The quantitative estimate of drug-likeness (QED) is 0.201. The Morgan fingerprint density at radius 3 is 1.90 bits per heavy atom. The molecule has 1 aliphatic heterocycles. The topological polar surface area (TPSA) is 62.8 Å². The Hall–Kier alpha value is -6.85. The summed E-state index contributed by atoms with van der Waals surface area (Å²) >= 11 is 0. The first-order chi connectivity index (χ1) is 25.2. The van der Waals surface area contributed by atoms with Crippen LogP contribution in [-0.2, 0) is 0 Å². The average Bonchev–Trinajstić information content (AvgIpc) is 3.57. The van der Waals surface area contributed by atoms with E-state index in [1.807, 2.05) is 36.4 Å². The number of fused-ring (bicyclic) bond motifs is 5. The first-order valence-corrected chi connectivity index (χ1v) is 17.1. The molecule has 1 N–H and O–H groups in total. The zero-order valence-electron chi connectivity index (χ0n) is 27.5. The van der Waals surface area contributed by atoms with Crippen LogP contribution >= 0.6 is 0 Å². The second kappa shape index (κ2) is 11.9. The zero-order valence-corrected chi connectivity index (χ0v) is 27.5. The van der Waals surface area contributed by atoms with Crippen molar-refractivity contribution in [3.63, 3.8) is 0 Å². The minimum atomic E-state index is -0.259. The maximum absolute atomic E-state index is 6.55. The number of amidine groups is 2. The summed E-state index contributed by atoms with van der Waals surface area (Å²) in [5.41, 5.74) is 8.52. The van der Waals surface area contributed by atoms with Crippen molar-refractivity contribution in [2.24, 2.45) is 9.98 Å². The molecule has 7 aromatic carbocycles. The van der Waals surface area contributed by atoms with E-state index in [9.17, 15) is 0 Å². The van der Waals surface area contributed by atoms with Crippen molar-refractivity contribution < 1.29 is 4.42 Å². The van der Waals surface area contributed by atoms with Crippen molar-refractivity contribution >= 4 is 55.3 Å². The molecule has 0 fully saturated rings. The number of nitrogens with zero attached hydrogens (tertiary/aromatic N) is 3. The molecule has 1 aliphatic rings. The number of pyridine rings is 1. The van der Waals surface area contributed by atoms with Crippen molar-refractivity contribution in [3.8, 4) is 22.4 Å². The van der Waals surface area contributed by atoms with E-state index in [1.54, 1.807) is 0 Å². The van der Waals surface area contributed by atoms with Crippen LogP contribution in [-0.4, -0.2) is 16.7 Å². The number of rotatable bonds is 5. The van der Waals surface area contributed by atoms with Crippen LogP contribution in [0.25, 0.3) is 66.0 Å². The largest absolute Gasteiger partial charge is 0.438 e. The Balaban J connectivity index is 1.12. The number of nitrogens with one attached hydrogen (secondary N) is 1. The van der Waals surface area contributed by atoms with Crippen LogP contribution in [0.15, 0.2) is 184 Å². The van der Waals surface area contributed by atoms with Gasteiger partial charge >= 0.3 is 0 Å². The van der Waals surface area contributed by atoms with Crippen molar-refractivity contribution in [2.45, 2.75) is 6.17 Å². The number of benzene rings is 7. The fourth-order valence-corrected chi connectivity index (χ4v) is 7.11. The summed E-state index contributed by atoms with van der Waals surface area (Å²) in [5, 5.41) is 10.3. The van der Waals surface area contributed by atoms with Gasteiger partial charge in [-0.2, -0.15) is 0 Å². The summed E-state index contributed by atoms with van der Waals surface area (Å²) in [7, 11) is 0. The molecular weight excluding hydrogens is 625 g/mol. The lowest BCUT2D eigenvalue weighted by molar-refractivity contribution is 0.655. The Morgan fingerprint density at radius 2 is 1.14 bits per heavy atom. The van der Waals surface area contributed by atoms with Crippen molar-refractivity contribution in [1.29, 1.82) is 0 Å². The summed E-state index contributed by atoms with van der Waals surface area (Å²) in [5.74, 6) is 1.48. The van der Waals surface area contributed by atoms with Crippen LogP contribution in [0.4, 0.5) is 0 Å². The minimum absolute atomic E-state index is 0.259. The van der Waals surface area contributed by atoms with Crippen molar-refractivity contribution in [3.05, 3.63) is 187 Å². The van der Waals surface area contributed by atoms with Gasteiger partial charge in [0.2, 0.25) is 5.71 Å². The number of hydrogen-bond acceptors (Lipinski definition) is 5. The highest BCUT2D eigenvalue weighted by molar-refractivity contribution is 6.16. The molecule has 5 heteroatoms. The molecule has 1 unspecified atom stereocenters. The second-order valence-electron chi connectivity index (χ2n) is 12.9. The monoisotopic (exact) mass is 654 g/mol. The van der Waals surface area contributed by atoms with Gasteiger partial charge in [0, 0.05) is 22.1 Å². The Morgan fingerprint density at radius 1 is 0.510 bits per heavy atom. The Bertz CT molecular complexity index is 2820. The molecule has 0 saturated heterocycles. The van der Waals surface area contributed by atoms with Crippen LogP contribution in [0, 0.1) is 0 Å². The molecule has 240 valence electrons. The molecule has 0 saturated carbocycles. The van der Waals surface area contributed by atoms with Crippen LogP contribution in [0.1, 0.15) is 22.9 Å². The maximum Gasteiger partial charge on any atom is 0.228 e. The molecule has 0 radical (unpaired) electrons. The predicted octanol–water partition coefficient (Wildman–Crippen LogP) is 11.1. The third-order valence-corrected chi connectivity index (χ3v) is 9.71. The van der Waals surface area contributed by atoms with Gasteiger partial charge in [0.05, 0.1) is 11.1 Å². The zero-order chi connectivity index (χ0) is 33.7. The molecule has 3 heterocycles. The highest BCUT2D eigenvalue weighted by atomic mass is 16.3. The van der Waals surface area contributed by atoms with Gasteiger partial charge in [0.1, 0.15) is 17.6 Å². The lowest BCUT2D eigenvalue weighted by atomic mass is 9.96. The lowest BCUT2D eigenvalue weighted by Gasteiger charge is -2.23. The van der Waals surface area contributed by atoms with E-state index in [-0.39, 0.29) is 6.17 Å². The summed E-state index contributed by atoms with van der Waals surface area (Å²) in [6, 6.07) is 58.9. The van der Waals surface area contributed by atoms with E-state index in [1.165, 1.54) is 10.8 Å². The van der Waals surface area contributed by atoms with Crippen LogP contribution in [0.3, 0.4) is 0 Å². The third-order valence-electron chi connectivity index (χ3n) is 9.71. The van der Waals surface area contributed by atoms with E-state index in [2.05, 4.69) is 139 Å². The Labute approximate surface area is 294 Å². The molecule has 0 aliphatic carbocycles. The van der Waals surface area contributed by atoms with E-state index < -0.39 is 0 Å². The smallest absolute Gasteiger partial charge is 0.228 e. The summed E-state index contributed by atoms with van der Waals surface area (Å²) in [6.07, 6.45) is -0.259. The number of hydrogen-bond donors (Lipinski definition) is 1. The standard InChI is InChI=1S/C46H30N4O/c1-3-12-31(13-4-1)43-48-44(32-14-5-2-6-15-32)50-45(49-43)33-22-20-30(21-23-33)38-28-40(37-24-19-29-11-7-8-16-34(29)25-37)47-46-42(38)39-26-35-17-9-10-18-36(35)27-41(39)51-46/h1-28,43H,(H,48,49,50).